The van der Waals surface area contributed by atoms with Crippen molar-refractivity contribution in [2.45, 2.75) is 90.4 Å². The summed E-state index contributed by atoms with van der Waals surface area (Å²) in [5, 5.41) is 0. The summed E-state index contributed by atoms with van der Waals surface area (Å²) in [6.45, 7) is 2.34. The fraction of sp³-hybridized carbons (Fsp3) is 1.00. The highest BCUT2D eigenvalue weighted by molar-refractivity contribution is 4.61. The van der Waals surface area contributed by atoms with E-state index in [9.17, 15) is 0 Å². The lowest BCUT2D eigenvalue weighted by Gasteiger charge is -2.16. The van der Waals surface area contributed by atoms with E-state index in [-0.39, 0.29) is 0 Å². The van der Waals surface area contributed by atoms with Gasteiger partial charge >= 0.3 is 0 Å². The zero-order valence-electron chi connectivity index (χ0n) is 10.8. The summed E-state index contributed by atoms with van der Waals surface area (Å²) in [7, 11) is 0. The van der Waals surface area contributed by atoms with E-state index < -0.39 is 0 Å². The zero-order chi connectivity index (χ0) is 10.8. The molecule has 1 rings (SSSR count). The van der Waals surface area contributed by atoms with Gasteiger partial charge in [-0.2, -0.15) is 0 Å². The predicted molar refractivity (Wildman–Crippen MR) is 69.2 cm³/mol. The molecule has 1 aliphatic rings. The molecule has 0 heteroatoms. The Bertz CT molecular complexity index is 116. The minimum atomic E-state index is 1.06. The summed E-state index contributed by atoms with van der Waals surface area (Å²) in [6, 6.07) is 0. The van der Waals surface area contributed by atoms with Crippen molar-refractivity contribution in [3.05, 3.63) is 0 Å². The van der Waals surface area contributed by atoms with E-state index in [4.69, 9.17) is 0 Å². The van der Waals surface area contributed by atoms with Gasteiger partial charge in [0.15, 0.2) is 0 Å². The van der Waals surface area contributed by atoms with Gasteiger partial charge in [-0.05, 0) is 5.92 Å². The van der Waals surface area contributed by atoms with Gasteiger partial charge in [0.2, 0.25) is 0 Å². The lowest BCUT2D eigenvalue weighted by molar-refractivity contribution is 0.371. The van der Waals surface area contributed by atoms with Gasteiger partial charge in [-0.1, -0.05) is 90.4 Å². The highest BCUT2D eigenvalue weighted by Crippen LogP contribution is 2.24. The van der Waals surface area contributed by atoms with Crippen LogP contribution in [0.3, 0.4) is 0 Å². The van der Waals surface area contributed by atoms with Crippen LogP contribution in [-0.4, -0.2) is 0 Å². The molecular weight excluding hydrogens is 180 g/mol. The molecule has 0 unspecified atom stereocenters. The second kappa shape index (κ2) is 9.24. The molecule has 0 aromatic heterocycles. The maximum absolute atomic E-state index is 2.34. The van der Waals surface area contributed by atoms with Crippen LogP contribution in [0.25, 0.3) is 0 Å². The van der Waals surface area contributed by atoms with Crippen LogP contribution >= 0.6 is 0 Å². The van der Waals surface area contributed by atoms with Crippen LogP contribution in [0.4, 0.5) is 0 Å². The van der Waals surface area contributed by atoms with E-state index >= 15 is 0 Å². The Kier molecular flexibility index (Phi) is 8.05. The molecule has 0 atom stereocenters. The Labute approximate surface area is 96.8 Å². The number of rotatable bonds is 2. The van der Waals surface area contributed by atoms with Crippen molar-refractivity contribution in [1.82, 2.24) is 0 Å². The van der Waals surface area contributed by atoms with E-state index in [1.54, 1.807) is 0 Å². The molecule has 0 saturated heterocycles. The molecule has 1 aliphatic carbocycles. The molecule has 0 amide bonds. The Morgan fingerprint density at radius 3 is 1.47 bits per heavy atom. The van der Waals surface area contributed by atoms with Crippen molar-refractivity contribution in [3.8, 4) is 0 Å². The second-order valence-corrected chi connectivity index (χ2v) is 5.41. The minimum absolute atomic E-state index is 1.06. The van der Waals surface area contributed by atoms with Gasteiger partial charge < -0.3 is 0 Å². The Morgan fingerprint density at radius 1 is 0.667 bits per heavy atom. The van der Waals surface area contributed by atoms with E-state index in [0.29, 0.717) is 0 Å². The smallest absolute Gasteiger partial charge is 0.0414 e. The monoisotopic (exact) mass is 210 g/mol. The van der Waals surface area contributed by atoms with Crippen LogP contribution in [0.5, 0.6) is 0 Å². The molecule has 0 heterocycles. The third-order valence-electron chi connectivity index (χ3n) is 3.92. The second-order valence-electron chi connectivity index (χ2n) is 5.41. The Balaban J connectivity index is 2.19. The van der Waals surface area contributed by atoms with Gasteiger partial charge in [0.25, 0.3) is 0 Å². The minimum Gasteiger partial charge on any atom is -0.0654 e. The molecule has 0 aliphatic heterocycles. The molecule has 90 valence electrons. The molecule has 1 fully saturated rings. The predicted octanol–water partition coefficient (Wildman–Crippen LogP) is 5.71. The van der Waals surface area contributed by atoms with E-state index in [1.165, 1.54) is 83.5 Å². The van der Waals surface area contributed by atoms with Gasteiger partial charge in [-0.25, -0.2) is 0 Å². The third-order valence-corrected chi connectivity index (χ3v) is 3.92. The van der Waals surface area contributed by atoms with Crippen LogP contribution in [0.15, 0.2) is 0 Å². The van der Waals surface area contributed by atoms with Gasteiger partial charge in [0, 0.05) is 0 Å². The Morgan fingerprint density at radius 2 is 1.07 bits per heavy atom. The first-order valence-electron chi connectivity index (χ1n) is 7.43. The van der Waals surface area contributed by atoms with Crippen molar-refractivity contribution in [2.24, 2.45) is 5.92 Å². The fourth-order valence-electron chi connectivity index (χ4n) is 2.94. The van der Waals surface area contributed by atoms with E-state index in [0.717, 1.165) is 5.92 Å². The SMILES string of the molecule is CCCC1CCCCCCCCCCC1. The summed E-state index contributed by atoms with van der Waals surface area (Å²) < 4.78 is 0. The first kappa shape index (κ1) is 13.1. The van der Waals surface area contributed by atoms with Crippen LogP contribution in [0.2, 0.25) is 0 Å². The van der Waals surface area contributed by atoms with Gasteiger partial charge in [-0.3, -0.25) is 0 Å². The quantitative estimate of drug-likeness (QED) is 0.548. The van der Waals surface area contributed by atoms with Gasteiger partial charge in [-0.15, -0.1) is 0 Å². The average Bonchev–Trinajstić information content (AvgIpc) is 2.22. The van der Waals surface area contributed by atoms with Crippen molar-refractivity contribution in [3.63, 3.8) is 0 Å². The molecule has 0 radical (unpaired) electrons. The molecule has 0 N–H and O–H groups in total. The summed E-state index contributed by atoms with van der Waals surface area (Å²) >= 11 is 0. The van der Waals surface area contributed by atoms with Crippen molar-refractivity contribution in [2.75, 3.05) is 0 Å². The average molecular weight is 210 g/mol. The van der Waals surface area contributed by atoms with E-state index in [1.807, 2.05) is 0 Å². The summed E-state index contributed by atoms with van der Waals surface area (Å²) in [5.74, 6) is 1.06. The summed E-state index contributed by atoms with van der Waals surface area (Å²) in [6.07, 6.45) is 19.4. The molecule has 0 aromatic rings. The highest BCUT2D eigenvalue weighted by atomic mass is 14.1. The van der Waals surface area contributed by atoms with Crippen LogP contribution in [-0.2, 0) is 0 Å². The Hall–Kier alpha value is 0. The topological polar surface area (TPSA) is 0 Å². The molecule has 0 spiro atoms. The van der Waals surface area contributed by atoms with Crippen LogP contribution in [0.1, 0.15) is 90.4 Å². The largest absolute Gasteiger partial charge is 0.0654 e. The fourth-order valence-corrected chi connectivity index (χ4v) is 2.94. The molecule has 0 bridgehead atoms. The first-order valence-corrected chi connectivity index (χ1v) is 7.43. The van der Waals surface area contributed by atoms with E-state index in [2.05, 4.69) is 6.92 Å². The summed E-state index contributed by atoms with van der Waals surface area (Å²) in [4.78, 5) is 0. The molecule has 15 heavy (non-hydrogen) atoms. The van der Waals surface area contributed by atoms with Crippen molar-refractivity contribution < 1.29 is 0 Å². The number of hydrogen-bond acceptors (Lipinski definition) is 0. The van der Waals surface area contributed by atoms with Gasteiger partial charge in [0.05, 0.1) is 0 Å². The summed E-state index contributed by atoms with van der Waals surface area (Å²) in [5.41, 5.74) is 0. The molecule has 0 aromatic carbocycles. The maximum atomic E-state index is 2.34. The lowest BCUT2D eigenvalue weighted by Crippen LogP contribution is -2.01. The zero-order valence-corrected chi connectivity index (χ0v) is 10.8. The number of hydrogen-bond donors (Lipinski definition) is 0. The highest BCUT2D eigenvalue weighted by Gasteiger charge is 2.07. The third kappa shape index (κ3) is 6.98. The first-order chi connectivity index (χ1) is 7.43. The van der Waals surface area contributed by atoms with Crippen molar-refractivity contribution >= 4 is 0 Å². The molecule has 1 saturated carbocycles. The maximum Gasteiger partial charge on any atom is -0.0414 e. The molecule has 0 nitrogen and oxygen atoms in total. The molecular formula is C15H30. The van der Waals surface area contributed by atoms with Crippen LogP contribution < -0.4 is 0 Å². The normalized spacial score (nSPS) is 23.0. The van der Waals surface area contributed by atoms with Crippen LogP contribution in [0, 0.1) is 5.92 Å². The van der Waals surface area contributed by atoms with Gasteiger partial charge in [0.1, 0.15) is 0 Å². The lowest BCUT2D eigenvalue weighted by atomic mass is 9.90. The standard InChI is InChI=1S/C15H30/c1-2-12-15-13-10-8-6-4-3-5-7-9-11-14-15/h15H,2-14H2,1H3. The van der Waals surface area contributed by atoms with Crippen molar-refractivity contribution in [1.29, 1.82) is 0 Å².